The number of nitrogens with one attached hydrogen (secondary N) is 1. The Kier molecular flexibility index (Phi) is 6.62. The molecule has 0 spiro atoms. The zero-order chi connectivity index (χ0) is 14.5. The summed E-state index contributed by atoms with van der Waals surface area (Å²) in [5, 5.41) is 2.85. The van der Waals surface area contributed by atoms with Crippen LogP contribution in [0.3, 0.4) is 0 Å². The lowest BCUT2D eigenvalue weighted by molar-refractivity contribution is 0.0791. The first-order valence-corrected chi connectivity index (χ1v) is 8.66. The molecule has 1 aliphatic heterocycles. The van der Waals surface area contributed by atoms with Crippen LogP contribution in [0.15, 0.2) is 0 Å². The van der Waals surface area contributed by atoms with Crippen molar-refractivity contribution in [3.8, 4) is 0 Å². The molecule has 2 unspecified atom stereocenters. The molecule has 1 fully saturated rings. The molecule has 0 bridgehead atoms. The molecule has 0 saturated carbocycles. The molecule has 19 heavy (non-hydrogen) atoms. The average molecular weight is 298 g/mol. The first-order chi connectivity index (χ1) is 8.84. The minimum atomic E-state index is -3.21. The Hall–Kier alpha value is -0.270. The van der Waals surface area contributed by atoms with Crippen LogP contribution < -0.4 is 5.32 Å². The Labute approximate surface area is 114 Å². The van der Waals surface area contributed by atoms with Gasteiger partial charge in [-0.1, -0.05) is 6.92 Å². The highest BCUT2D eigenvalue weighted by Crippen LogP contribution is 2.24. The van der Waals surface area contributed by atoms with E-state index in [1.54, 1.807) is 0 Å². The van der Waals surface area contributed by atoms with Crippen molar-refractivity contribution in [2.24, 2.45) is 5.92 Å². The number of sulfonamides is 1. The predicted octanol–water partition coefficient (Wildman–Crippen LogP) is 1.68. The largest absolute Gasteiger partial charge is 0.309 e. The third kappa shape index (κ3) is 5.71. The number of rotatable bonds is 7. The van der Waals surface area contributed by atoms with Gasteiger partial charge in [0.25, 0.3) is 6.43 Å². The molecule has 4 nitrogen and oxygen atoms in total. The van der Waals surface area contributed by atoms with Gasteiger partial charge in [0.1, 0.15) is 0 Å². The number of nitrogens with zero attached hydrogens (tertiary/aromatic N) is 1. The van der Waals surface area contributed by atoms with E-state index < -0.39 is 22.5 Å². The fourth-order valence-electron chi connectivity index (χ4n) is 2.48. The van der Waals surface area contributed by atoms with Gasteiger partial charge in [0.05, 0.1) is 12.3 Å². The average Bonchev–Trinajstić information content (AvgIpc) is 2.33. The molecular formula is C12H24F2N2O2S. The predicted molar refractivity (Wildman–Crippen MR) is 71.8 cm³/mol. The minimum absolute atomic E-state index is 0.0202. The van der Waals surface area contributed by atoms with Gasteiger partial charge in [0, 0.05) is 13.1 Å². The molecule has 1 aliphatic rings. The number of hydrogen-bond donors (Lipinski definition) is 1. The summed E-state index contributed by atoms with van der Waals surface area (Å²) in [5.74, 6) is 0.0202. The first kappa shape index (κ1) is 16.8. The van der Waals surface area contributed by atoms with Crippen molar-refractivity contribution in [1.82, 2.24) is 9.62 Å². The maximum atomic E-state index is 12.9. The first-order valence-electron chi connectivity index (χ1n) is 6.81. The molecule has 1 rings (SSSR count). The fraction of sp³-hybridized carbons (Fsp3) is 1.00. The number of piperidine rings is 1. The summed E-state index contributed by atoms with van der Waals surface area (Å²) in [6, 6.07) is -0.829. The lowest BCUT2D eigenvalue weighted by atomic mass is 9.92. The van der Waals surface area contributed by atoms with Crippen LogP contribution in [0.4, 0.5) is 8.78 Å². The molecule has 1 heterocycles. The third-order valence-corrected chi connectivity index (χ3v) is 4.77. The Balaban J connectivity index is 2.54. The topological polar surface area (TPSA) is 49.4 Å². The highest BCUT2D eigenvalue weighted by atomic mass is 32.2. The van der Waals surface area contributed by atoms with E-state index in [2.05, 4.69) is 5.32 Å². The SMILES string of the molecule is CCCNC(CC1CCCN(S(C)(=O)=O)C1)C(F)F. The van der Waals surface area contributed by atoms with Gasteiger partial charge in [-0.25, -0.2) is 21.5 Å². The van der Waals surface area contributed by atoms with Crippen LogP contribution in [-0.2, 0) is 10.0 Å². The van der Waals surface area contributed by atoms with Crippen molar-refractivity contribution in [2.45, 2.75) is 45.1 Å². The van der Waals surface area contributed by atoms with E-state index in [4.69, 9.17) is 0 Å². The van der Waals surface area contributed by atoms with E-state index in [0.717, 1.165) is 19.3 Å². The highest BCUT2D eigenvalue weighted by molar-refractivity contribution is 7.88. The Morgan fingerprint density at radius 2 is 2.11 bits per heavy atom. The van der Waals surface area contributed by atoms with E-state index in [0.29, 0.717) is 26.1 Å². The van der Waals surface area contributed by atoms with Gasteiger partial charge in [0.15, 0.2) is 0 Å². The highest BCUT2D eigenvalue weighted by Gasteiger charge is 2.30. The molecule has 0 aromatic rings. The summed E-state index contributed by atoms with van der Waals surface area (Å²) in [6.45, 7) is 3.38. The molecule has 7 heteroatoms. The van der Waals surface area contributed by atoms with Crippen LogP contribution in [0.2, 0.25) is 0 Å². The lowest BCUT2D eigenvalue weighted by Gasteiger charge is -2.33. The zero-order valence-corrected chi connectivity index (χ0v) is 12.4. The van der Waals surface area contributed by atoms with Crippen LogP contribution in [0, 0.1) is 5.92 Å². The van der Waals surface area contributed by atoms with Crippen molar-refractivity contribution in [2.75, 3.05) is 25.9 Å². The van der Waals surface area contributed by atoms with E-state index in [1.807, 2.05) is 6.92 Å². The molecule has 114 valence electrons. The Morgan fingerprint density at radius 3 is 2.63 bits per heavy atom. The molecule has 1 saturated heterocycles. The normalized spacial score (nSPS) is 23.7. The van der Waals surface area contributed by atoms with Crippen LogP contribution in [0.1, 0.15) is 32.6 Å². The standard InChI is InChI=1S/C12H24F2N2O2S/c1-3-6-15-11(12(13)14)8-10-5-4-7-16(9-10)19(2,17)18/h10-12,15H,3-9H2,1-2H3. The second kappa shape index (κ2) is 7.50. The maximum Gasteiger partial charge on any atom is 0.253 e. The van der Waals surface area contributed by atoms with Crippen molar-refractivity contribution >= 4 is 10.0 Å². The molecule has 0 amide bonds. The van der Waals surface area contributed by atoms with Gasteiger partial charge in [-0.15, -0.1) is 0 Å². The van der Waals surface area contributed by atoms with Crippen LogP contribution >= 0.6 is 0 Å². The molecule has 0 aromatic heterocycles. The Bertz CT molecular complexity index is 363. The van der Waals surface area contributed by atoms with Crippen LogP contribution in [0.25, 0.3) is 0 Å². The van der Waals surface area contributed by atoms with E-state index in [1.165, 1.54) is 10.6 Å². The molecule has 0 radical (unpaired) electrons. The van der Waals surface area contributed by atoms with Gasteiger partial charge in [-0.05, 0) is 38.1 Å². The summed E-state index contributed by atoms with van der Waals surface area (Å²) in [6.07, 6.45) is 1.49. The van der Waals surface area contributed by atoms with Crippen LogP contribution in [0.5, 0.6) is 0 Å². The minimum Gasteiger partial charge on any atom is -0.309 e. The smallest absolute Gasteiger partial charge is 0.253 e. The summed E-state index contributed by atoms with van der Waals surface area (Å²) >= 11 is 0. The fourth-order valence-corrected chi connectivity index (χ4v) is 3.43. The summed E-state index contributed by atoms with van der Waals surface area (Å²) < 4.78 is 50.2. The van der Waals surface area contributed by atoms with Gasteiger partial charge in [-0.2, -0.15) is 0 Å². The second-order valence-electron chi connectivity index (χ2n) is 5.26. The third-order valence-electron chi connectivity index (χ3n) is 3.50. The van der Waals surface area contributed by atoms with Gasteiger partial charge in [0.2, 0.25) is 10.0 Å². The Morgan fingerprint density at radius 1 is 1.42 bits per heavy atom. The summed E-state index contributed by atoms with van der Waals surface area (Å²) in [7, 11) is -3.21. The molecular weight excluding hydrogens is 274 g/mol. The van der Waals surface area contributed by atoms with Crippen molar-refractivity contribution in [3.63, 3.8) is 0 Å². The molecule has 0 aromatic carbocycles. The van der Waals surface area contributed by atoms with Gasteiger partial charge < -0.3 is 5.32 Å². The van der Waals surface area contributed by atoms with E-state index >= 15 is 0 Å². The number of hydrogen-bond acceptors (Lipinski definition) is 3. The van der Waals surface area contributed by atoms with Gasteiger partial charge in [-0.3, -0.25) is 0 Å². The van der Waals surface area contributed by atoms with Crippen molar-refractivity contribution in [3.05, 3.63) is 0 Å². The van der Waals surface area contributed by atoms with Crippen LogP contribution in [-0.4, -0.2) is 51.1 Å². The van der Waals surface area contributed by atoms with E-state index in [-0.39, 0.29) is 5.92 Å². The quantitative estimate of drug-likeness (QED) is 0.778. The number of halogens is 2. The molecule has 1 N–H and O–H groups in total. The summed E-state index contributed by atoms with van der Waals surface area (Å²) in [5.41, 5.74) is 0. The molecule has 0 aliphatic carbocycles. The number of alkyl halides is 2. The maximum absolute atomic E-state index is 12.9. The van der Waals surface area contributed by atoms with E-state index in [9.17, 15) is 17.2 Å². The van der Waals surface area contributed by atoms with Crippen molar-refractivity contribution in [1.29, 1.82) is 0 Å². The second-order valence-corrected chi connectivity index (χ2v) is 7.24. The lowest BCUT2D eigenvalue weighted by Crippen LogP contribution is -2.43. The van der Waals surface area contributed by atoms with Gasteiger partial charge >= 0.3 is 0 Å². The molecule has 2 atom stereocenters. The zero-order valence-electron chi connectivity index (χ0n) is 11.6. The summed E-state index contributed by atoms with van der Waals surface area (Å²) in [4.78, 5) is 0. The monoisotopic (exact) mass is 298 g/mol. The van der Waals surface area contributed by atoms with Crippen molar-refractivity contribution < 1.29 is 17.2 Å².